The monoisotopic (exact) mass is 162 g/mol. The molecule has 0 saturated carbocycles. The zero-order chi connectivity index (χ0) is 7.49. The van der Waals surface area contributed by atoms with Crippen molar-refractivity contribution in [3.05, 3.63) is 0 Å². The summed E-state index contributed by atoms with van der Waals surface area (Å²) in [4.78, 5) is 3.34. The van der Waals surface area contributed by atoms with E-state index >= 15 is 0 Å². The highest BCUT2D eigenvalue weighted by Crippen LogP contribution is 1.89. The van der Waals surface area contributed by atoms with Crippen molar-refractivity contribution in [3.63, 3.8) is 0 Å². The molecule has 0 aliphatic heterocycles. The highest BCUT2D eigenvalue weighted by molar-refractivity contribution is 6.82. The van der Waals surface area contributed by atoms with Crippen molar-refractivity contribution in [3.8, 4) is 0 Å². The van der Waals surface area contributed by atoms with Crippen LogP contribution in [0.3, 0.4) is 0 Å². The number of nitrogens with one attached hydrogen (secondary N) is 2. The molecule has 0 aromatic carbocycles. The molecule has 0 heterocycles. The minimum absolute atomic E-state index is 0.564. The average molecular weight is 162 g/mol. The maximum atomic E-state index is 3.64. The third kappa shape index (κ3) is 4.83. The van der Waals surface area contributed by atoms with Gasteiger partial charge < -0.3 is 9.63 Å². The number of hydrogen-bond acceptors (Lipinski definition) is 2. The van der Waals surface area contributed by atoms with Crippen molar-refractivity contribution < 1.29 is 0 Å². The molecule has 4 heteroatoms. The summed E-state index contributed by atoms with van der Waals surface area (Å²) in [6, 6.07) is 0. The lowest BCUT2D eigenvalue weighted by Gasteiger charge is -2.24. The minimum Gasteiger partial charge on any atom is -0.350 e. The Hall–Kier alpha value is 0.354. The van der Waals surface area contributed by atoms with Crippen LogP contribution >= 0.6 is 0 Å². The second-order valence-corrected chi connectivity index (χ2v) is 10.4. The van der Waals surface area contributed by atoms with Crippen molar-refractivity contribution >= 4 is 17.4 Å². The van der Waals surface area contributed by atoms with Crippen molar-refractivity contribution in [1.82, 2.24) is 9.63 Å². The molecule has 0 atom stereocenters. The molecule has 0 aromatic rings. The number of rotatable bonds is 3. The Balaban J connectivity index is 3.58. The van der Waals surface area contributed by atoms with Gasteiger partial charge in [-0.25, -0.2) is 0 Å². The van der Waals surface area contributed by atoms with Crippen LogP contribution in [0.5, 0.6) is 0 Å². The second-order valence-electron chi connectivity index (χ2n) is 3.17. The molecule has 0 radical (unpaired) electrons. The summed E-state index contributed by atoms with van der Waals surface area (Å²) in [6.45, 7) is 9.21. The molecule has 0 aromatic heterocycles. The summed E-state index contributed by atoms with van der Waals surface area (Å²) in [7, 11) is 0.295. The van der Waals surface area contributed by atoms with Gasteiger partial charge in [-0.2, -0.15) is 0 Å². The van der Waals surface area contributed by atoms with Crippen molar-refractivity contribution in [1.29, 1.82) is 0 Å². The Bertz CT molecular complexity index is 83.0. The maximum Gasteiger partial charge on any atom is 0.188 e. The molecule has 0 saturated heterocycles. The third-order valence-corrected chi connectivity index (χ3v) is 7.72. The second kappa shape index (κ2) is 3.50. The van der Waals surface area contributed by atoms with E-state index in [4.69, 9.17) is 0 Å². The predicted octanol–water partition coefficient (Wildman–Crippen LogP) is 0.481. The SMILES string of the molecule is CN[Si](C)(C)N[SiH](C)C. The largest absolute Gasteiger partial charge is 0.350 e. The smallest absolute Gasteiger partial charge is 0.188 e. The molecule has 0 aliphatic carbocycles. The van der Waals surface area contributed by atoms with E-state index in [-0.39, 0.29) is 0 Å². The molecule has 0 fully saturated rings. The summed E-state index contributed by atoms with van der Waals surface area (Å²) < 4.78 is 3.64. The van der Waals surface area contributed by atoms with Gasteiger partial charge in [-0.05, 0) is 20.1 Å². The first-order chi connectivity index (χ1) is 3.98. The predicted molar refractivity (Wildman–Crippen MR) is 48.6 cm³/mol. The summed E-state index contributed by atoms with van der Waals surface area (Å²) in [5, 5.41) is 0. The topological polar surface area (TPSA) is 24.1 Å². The van der Waals surface area contributed by atoms with Crippen molar-refractivity contribution in [2.24, 2.45) is 0 Å². The van der Waals surface area contributed by atoms with Crippen LogP contribution in [-0.2, 0) is 0 Å². The molecule has 0 amide bonds. The molecule has 9 heavy (non-hydrogen) atoms. The summed E-state index contributed by atoms with van der Waals surface area (Å²) >= 11 is 0. The highest BCUT2D eigenvalue weighted by atomic mass is 28.4. The molecule has 0 spiro atoms. The highest BCUT2D eigenvalue weighted by Gasteiger charge is 2.18. The molecule has 2 N–H and O–H groups in total. The third-order valence-electron chi connectivity index (χ3n) is 1.27. The summed E-state index contributed by atoms with van der Waals surface area (Å²) in [6.07, 6.45) is 0. The Labute approximate surface area is 60.9 Å². The van der Waals surface area contributed by atoms with Crippen LogP contribution in [0, 0.1) is 0 Å². The quantitative estimate of drug-likeness (QED) is 0.590. The first-order valence-corrected chi connectivity index (χ1v) is 9.33. The normalized spacial score (nSPS) is 12.7. The van der Waals surface area contributed by atoms with Gasteiger partial charge in [0.05, 0.1) is 8.96 Å². The standard InChI is InChI=1S/C5H18N2Si2/c1-6-9(4,5)7-8(2)3/h6-8H,1-5H3. The van der Waals surface area contributed by atoms with Gasteiger partial charge in [-0.1, -0.05) is 13.1 Å². The van der Waals surface area contributed by atoms with Crippen LogP contribution in [0.2, 0.25) is 26.2 Å². The van der Waals surface area contributed by atoms with Gasteiger partial charge >= 0.3 is 0 Å². The fourth-order valence-electron chi connectivity index (χ4n) is 0.794. The Kier molecular flexibility index (Phi) is 3.64. The van der Waals surface area contributed by atoms with Gasteiger partial charge in [0.15, 0.2) is 8.40 Å². The van der Waals surface area contributed by atoms with Crippen molar-refractivity contribution in [2.75, 3.05) is 7.05 Å². The Morgan fingerprint density at radius 1 is 1.22 bits per heavy atom. The molecule has 0 bridgehead atoms. The first-order valence-electron chi connectivity index (χ1n) is 3.44. The van der Waals surface area contributed by atoms with E-state index in [1.807, 2.05) is 7.05 Å². The van der Waals surface area contributed by atoms with Crippen LogP contribution in [0.25, 0.3) is 0 Å². The van der Waals surface area contributed by atoms with E-state index < -0.39 is 17.4 Å². The van der Waals surface area contributed by atoms with Crippen LogP contribution in [0.15, 0.2) is 0 Å². The first kappa shape index (κ1) is 9.35. The lowest BCUT2D eigenvalue weighted by molar-refractivity contribution is 1.10. The molecular formula is C5H18N2Si2. The van der Waals surface area contributed by atoms with E-state index in [1.54, 1.807) is 0 Å². The van der Waals surface area contributed by atoms with E-state index in [9.17, 15) is 0 Å². The average Bonchev–Trinajstić information content (AvgIpc) is 1.63. The summed E-state index contributed by atoms with van der Waals surface area (Å²) in [5.74, 6) is 0. The lowest BCUT2D eigenvalue weighted by atomic mass is 11.6. The Morgan fingerprint density at radius 2 is 1.67 bits per heavy atom. The van der Waals surface area contributed by atoms with Gasteiger partial charge in [0.25, 0.3) is 0 Å². The maximum absolute atomic E-state index is 3.64. The Morgan fingerprint density at radius 3 is 1.78 bits per heavy atom. The van der Waals surface area contributed by atoms with E-state index in [1.165, 1.54) is 0 Å². The zero-order valence-corrected chi connectivity index (χ0v) is 9.23. The van der Waals surface area contributed by atoms with Crippen molar-refractivity contribution in [2.45, 2.75) is 26.2 Å². The summed E-state index contributed by atoms with van der Waals surface area (Å²) in [5.41, 5.74) is 0. The van der Waals surface area contributed by atoms with Gasteiger partial charge in [-0.15, -0.1) is 0 Å². The fraction of sp³-hybridized carbons (Fsp3) is 1.00. The van der Waals surface area contributed by atoms with E-state index in [2.05, 4.69) is 35.8 Å². The van der Waals surface area contributed by atoms with Gasteiger partial charge in [0, 0.05) is 0 Å². The molecule has 2 nitrogen and oxygen atoms in total. The van der Waals surface area contributed by atoms with Gasteiger partial charge in [0.1, 0.15) is 0 Å². The minimum atomic E-state index is -1.18. The van der Waals surface area contributed by atoms with Crippen LogP contribution in [-0.4, -0.2) is 24.4 Å². The molecule has 0 unspecified atom stereocenters. The lowest BCUT2D eigenvalue weighted by Crippen LogP contribution is -2.59. The molecule has 0 aliphatic rings. The molecule has 0 rings (SSSR count). The molecular weight excluding hydrogens is 144 g/mol. The fourth-order valence-corrected chi connectivity index (χ4v) is 7.14. The van der Waals surface area contributed by atoms with Gasteiger partial charge in [-0.3, -0.25) is 0 Å². The van der Waals surface area contributed by atoms with E-state index in [0.29, 0.717) is 0 Å². The van der Waals surface area contributed by atoms with Gasteiger partial charge in [0.2, 0.25) is 0 Å². The van der Waals surface area contributed by atoms with Crippen LogP contribution in [0.4, 0.5) is 0 Å². The molecule has 56 valence electrons. The van der Waals surface area contributed by atoms with E-state index in [0.717, 1.165) is 0 Å². The van der Waals surface area contributed by atoms with Crippen LogP contribution < -0.4 is 9.63 Å². The zero-order valence-electron chi connectivity index (χ0n) is 7.08. The van der Waals surface area contributed by atoms with Crippen LogP contribution in [0.1, 0.15) is 0 Å². The number of hydrogen-bond donors (Lipinski definition) is 2.